The highest BCUT2D eigenvalue weighted by Crippen LogP contribution is 2.37. The summed E-state index contributed by atoms with van der Waals surface area (Å²) >= 11 is 0. The van der Waals surface area contributed by atoms with Crippen molar-refractivity contribution in [2.45, 2.75) is 12.5 Å². The average Bonchev–Trinajstić information content (AvgIpc) is 3.80. The molecule has 1 N–H and O–H groups in total. The van der Waals surface area contributed by atoms with E-state index < -0.39 is 0 Å². The second-order valence-corrected chi connectivity index (χ2v) is 10.9. The largest absolute Gasteiger partial charge is 0.454 e. The number of benzene rings is 3. The summed E-state index contributed by atoms with van der Waals surface area (Å²) in [5.41, 5.74) is 13.3. The molecule has 0 spiro atoms. The van der Waals surface area contributed by atoms with E-state index in [1.165, 1.54) is 0 Å². The standard InChI is InChI=1S/C32H30N8O3/c1-38-11-13-39(14-12-38)31(41)26-19-40(18-25(26)24-8-4-6-22-5-2-3-7-23(22)24)28(27-17-34-32(35-27)36-37-33)15-21-9-10-29-30(16-21)43-20-42-29/h2-10,16-19,28H,11-15,20H2,1H3,(H,34,35). The molecule has 0 radical (unpaired) electrons. The highest BCUT2D eigenvalue weighted by Gasteiger charge is 2.28. The van der Waals surface area contributed by atoms with Crippen LogP contribution in [0.5, 0.6) is 11.5 Å². The van der Waals surface area contributed by atoms with Gasteiger partial charge < -0.3 is 28.8 Å². The minimum atomic E-state index is -0.293. The molecule has 11 nitrogen and oxygen atoms in total. The fraction of sp³-hybridized carbons (Fsp3) is 0.250. The number of hydrogen-bond acceptors (Lipinski definition) is 6. The molecular weight excluding hydrogens is 544 g/mol. The van der Waals surface area contributed by atoms with Gasteiger partial charge in [-0.3, -0.25) is 4.79 Å². The third kappa shape index (κ3) is 5.16. The third-order valence-electron chi connectivity index (χ3n) is 8.25. The number of amides is 1. The lowest BCUT2D eigenvalue weighted by Crippen LogP contribution is -2.47. The summed E-state index contributed by atoms with van der Waals surface area (Å²) in [6, 6.07) is 20.0. The first kappa shape index (κ1) is 26.6. The maximum atomic E-state index is 14.2. The van der Waals surface area contributed by atoms with Crippen LogP contribution in [-0.2, 0) is 6.42 Å². The van der Waals surface area contributed by atoms with Crippen LogP contribution in [0.3, 0.4) is 0 Å². The summed E-state index contributed by atoms with van der Waals surface area (Å²) in [5, 5.41) is 5.85. The van der Waals surface area contributed by atoms with Gasteiger partial charge in [0.05, 0.1) is 23.5 Å². The quantitative estimate of drug-likeness (QED) is 0.147. The molecule has 0 saturated carbocycles. The Labute approximate surface area is 247 Å². The normalized spacial score (nSPS) is 15.4. The van der Waals surface area contributed by atoms with Crippen molar-refractivity contribution in [2.24, 2.45) is 5.11 Å². The van der Waals surface area contributed by atoms with E-state index in [-0.39, 0.29) is 24.7 Å². The lowest BCUT2D eigenvalue weighted by molar-refractivity contribution is 0.0664. The Morgan fingerprint density at radius 1 is 1.02 bits per heavy atom. The van der Waals surface area contributed by atoms with Gasteiger partial charge in [-0.15, -0.1) is 0 Å². The highest BCUT2D eigenvalue weighted by atomic mass is 16.7. The number of aromatic nitrogens is 3. The van der Waals surface area contributed by atoms with E-state index in [1.807, 2.05) is 47.5 Å². The number of nitrogens with zero attached hydrogens (tertiary/aromatic N) is 7. The number of piperazine rings is 1. The summed E-state index contributed by atoms with van der Waals surface area (Å²) in [6.45, 7) is 3.21. The Morgan fingerprint density at radius 2 is 1.84 bits per heavy atom. The molecule has 1 amide bonds. The van der Waals surface area contributed by atoms with E-state index in [0.29, 0.717) is 36.6 Å². The zero-order valence-corrected chi connectivity index (χ0v) is 23.7. The Hall–Kier alpha value is -5.25. The van der Waals surface area contributed by atoms with E-state index >= 15 is 0 Å². The van der Waals surface area contributed by atoms with Gasteiger partial charge in [-0.2, -0.15) is 0 Å². The molecule has 0 bridgehead atoms. The van der Waals surface area contributed by atoms with E-state index in [1.54, 1.807) is 6.20 Å². The molecule has 4 heterocycles. The van der Waals surface area contributed by atoms with Crippen LogP contribution in [-0.4, -0.2) is 70.3 Å². The summed E-state index contributed by atoms with van der Waals surface area (Å²) in [5.74, 6) is 1.61. The molecule has 11 heteroatoms. The topological polar surface area (TPSA) is 124 Å². The molecule has 0 aliphatic carbocycles. The van der Waals surface area contributed by atoms with Crippen molar-refractivity contribution in [2.75, 3.05) is 40.0 Å². The van der Waals surface area contributed by atoms with Gasteiger partial charge >= 0.3 is 0 Å². The van der Waals surface area contributed by atoms with Crippen LogP contribution in [0.4, 0.5) is 5.95 Å². The van der Waals surface area contributed by atoms with E-state index in [0.717, 1.165) is 46.2 Å². The van der Waals surface area contributed by atoms with E-state index in [4.69, 9.17) is 15.0 Å². The number of H-pyrrole nitrogens is 1. The minimum absolute atomic E-state index is 0.0102. The molecule has 2 aromatic heterocycles. The molecule has 7 rings (SSSR count). The highest BCUT2D eigenvalue weighted by molar-refractivity contribution is 6.06. The Balaban J connectivity index is 1.36. The van der Waals surface area contributed by atoms with Crippen molar-refractivity contribution in [1.29, 1.82) is 0 Å². The second-order valence-electron chi connectivity index (χ2n) is 10.9. The van der Waals surface area contributed by atoms with Gasteiger partial charge in [0.25, 0.3) is 5.91 Å². The van der Waals surface area contributed by atoms with Crippen molar-refractivity contribution in [3.05, 3.63) is 107 Å². The minimum Gasteiger partial charge on any atom is -0.454 e. The van der Waals surface area contributed by atoms with Gasteiger partial charge in [0.2, 0.25) is 6.79 Å². The number of ether oxygens (including phenoxy) is 2. The molecule has 1 fully saturated rings. The van der Waals surface area contributed by atoms with Crippen LogP contribution in [0, 0.1) is 0 Å². The van der Waals surface area contributed by atoms with E-state index in [2.05, 4.69) is 67.0 Å². The number of nitrogens with one attached hydrogen (secondary N) is 1. The molecule has 43 heavy (non-hydrogen) atoms. The van der Waals surface area contributed by atoms with Gasteiger partial charge in [0, 0.05) is 49.0 Å². The predicted molar refractivity (Wildman–Crippen MR) is 163 cm³/mol. The van der Waals surface area contributed by atoms with Crippen LogP contribution >= 0.6 is 0 Å². The molecule has 3 aromatic carbocycles. The lowest BCUT2D eigenvalue weighted by Gasteiger charge is -2.32. The number of carbonyl (C=O) groups is 1. The first-order valence-electron chi connectivity index (χ1n) is 14.2. The molecule has 1 atom stereocenters. The van der Waals surface area contributed by atoms with Crippen LogP contribution in [0.25, 0.3) is 32.3 Å². The average molecular weight is 575 g/mol. The van der Waals surface area contributed by atoms with Crippen molar-refractivity contribution in [3.63, 3.8) is 0 Å². The zero-order chi connectivity index (χ0) is 29.3. The van der Waals surface area contributed by atoms with Crippen molar-refractivity contribution < 1.29 is 14.3 Å². The number of hydrogen-bond donors (Lipinski definition) is 1. The molecule has 2 aliphatic heterocycles. The summed E-state index contributed by atoms with van der Waals surface area (Å²) in [7, 11) is 2.08. The fourth-order valence-corrected chi connectivity index (χ4v) is 5.93. The van der Waals surface area contributed by atoms with Crippen LogP contribution in [0.2, 0.25) is 0 Å². The smallest absolute Gasteiger partial charge is 0.256 e. The summed E-state index contributed by atoms with van der Waals surface area (Å²) in [6.07, 6.45) is 6.24. The summed E-state index contributed by atoms with van der Waals surface area (Å²) < 4.78 is 13.2. The number of imidazole rings is 1. The molecule has 216 valence electrons. The second kappa shape index (κ2) is 11.2. The van der Waals surface area contributed by atoms with Crippen LogP contribution in [0.15, 0.2) is 84.4 Å². The van der Waals surface area contributed by atoms with Crippen molar-refractivity contribution in [1.82, 2.24) is 24.3 Å². The molecule has 5 aromatic rings. The lowest BCUT2D eigenvalue weighted by atomic mass is 9.97. The predicted octanol–water partition coefficient (Wildman–Crippen LogP) is 5.92. The van der Waals surface area contributed by atoms with Gasteiger partial charge in [-0.05, 0) is 58.1 Å². The Morgan fingerprint density at radius 3 is 2.70 bits per heavy atom. The zero-order valence-electron chi connectivity index (χ0n) is 23.7. The maximum absolute atomic E-state index is 14.2. The number of aromatic amines is 1. The van der Waals surface area contributed by atoms with Crippen molar-refractivity contribution in [3.8, 4) is 22.6 Å². The number of fused-ring (bicyclic) bond motifs is 2. The molecule has 2 aliphatic rings. The number of azide groups is 1. The van der Waals surface area contributed by atoms with Gasteiger partial charge in [-0.25, -0.2) is 4.98 Å². The maximum Gasteiger partial charge on any atom is 0.256 e. The monoisotopic (exact) mass is 574 g/mol. The van der Waals surface area contributed by atoms with Crippen LogP contribution < -0.4 is 9.47 Å². The fourth-order valence-electron chi connectivity index (χ4n) is 5.93. The van der Waals surface area contributed by atoms with Crippen molar-refractivity contribution >= 4 is 22.6 Å². The Kier molecular flexibility index (Phi) is 6.94. The van der Waals surface area contributed by atoms with E-state index in [9.17, 15) is 4.79 Å². The summed E-state index contributed by atoms with van der Waals surface area (Å²) in [4.78, 5) is 28.7. The first-order valence-corrected chi connectivity index (χ1v) is 14.2. The van der Waals surface area contributed by atoms with Crippen LogP contribution in [0.1, 0.15) is 27.7 Å². The third-order valence-corrected chi connectivity index (χ3v) is 8.25. The number of likely N-dealkylation sites (N-methyl/N-ethyl adjacent to an activating group) is 1. The first-order chi connectivity index (χ1) is 21.1. The molecule has 1 unspecified atom stereocenters. The molecular formula is C32H30N8O3. The van der Waals surface area contributed by atoms with Gasteiger partial charge in [0.1, 0.15) is 0 Å². The molecule has 1 saturated heterocycles. The number of rotatable bonds is 7. The van der Waals surface area contributed by atoms with Gasteiger partial charge in [0.15, 0.2) is 17.4 Å². The number of carbonyl (C=O) groups excluding carboxylic acids is 1. The van der Waals surface area contributed by atoms with Gasteiger partial charge in [-0.1, -0.05) is 48.5 Å². The SMILES string of the molecule is CN1CCN(C(=O)c2cn(C(Cc3ccc4c(c3)OCO4)c3cnc(N=[N+]=[N-])[nH]3)cc2-c2cccc3ccccc23)CC1. The Bertz CT molecular complexity index is 1860.